The molecule has 0 bridgehead atoms. The van der Waals surface area contributed by atoms with Gasteiger partial charge in [0.2, 0.25) is 23.6 Å². The van der Waals surface area contributed by atoms with Gasteiger partial charge in [0.25, 0.3) is 0 Å². The number of hydrogen-bond acceptors (Lipinski definition) is 44. The highest BCUT2D eigenvalue weighted by molar-refractivity contribution is 5.74. The molecule has 45 atom stereocenters. The van der Waals surface area contributed by atoms with Crippen LogP contribution in [0.3, 0.4) is 0 Å². The summed E-state index contributed by atoms with van der Waals surface area (Å²) in [4.78, 5) is 51.1. The van der Waals surface area contributed by atoms with Gasteiger partial charge in [0.05, 0.1) is 71.1 Å². The molecule has 4 amide bonds. The maximum absolute atomic E-state index is 13.0. The van der Waals surface area contributed by atoms with E-state index in [1.54, 1.807) is 0 Å². The summed E-state index contributed by atoms with van der Waals surface area (Å²) in [7, 11) is 0. The molecule has 0 aromatic carbocycles. The highest BCUT2D eigenvalue weighted by atomic mass is 16.8. The zero-order valence-electron chi connectivity index (χ0n) is 60.5. The third-order valence-electron chi connectivity index (χ3n) is 20.6. The molecule has 0 spiro atoms. The van der Waals surface area contributed by atoms with Crippen LogP contribution in [0.25, 0.3) is 0 Å². The Bertz CT molecular complexity index is 2950. The van der Waals surface area contributed by atoms with E-state index in [2.05, 4.69) is 21.3 Å². The molecule has 48 heteroatoms. The summed E-state index contributed by atoms with van der Waals surface area (Å²) >= 11 is 0. The van der Waals surface area contributed by atoms with Crippen molar-refractivity contribution in [2.24, 2.45) is 0 Å². The van der Waals surface area contributed by atoms with E-state index in [1.807, 2.05) is 0 Å². The Morgan fingerprint density at radius 3 is 0.919 bits per heavy atom. The zero-order valence-corrected chi connectivity index (χ0v) is 60.5. The fourth-order valence-corrected chi connectivity index (χ4v) is 14.6. The first kappa shape index (κ1) is 91.2. The molecule has 9 aliphatic rings. The number of carbonyl (C=O) groups excluding carboxylic acids is 4. The molecule has 0 saturated carbocycles. The van der Waals surface area contributed by atoms with E-state index in [1.165, 1.54) is 13.8 Å². The van der Waals surface area contributed by atoms with Crippen LogP contribution >= 0.6 is 0 Å². The first-order valence-electron chi connectivity index (χ1n) is 35.8. The highest BCUT2D eigenvalue weighted by Crippen LogP contribution is 2.40. The largest absolute Gasteiger partial charge is 0.394 e. The van der Waals surface area contributed by atoms with Crippen LogP contribution in [0.15, 0.2) is 0 Å². The maximum atomic E-state index is 13.0. The van der Waals surface area contributed by atoms with Crippen LogP contribution in [0.2, 0.25) is 0 Å². The standard InChI is InChI=1S/C63H106N4O44/c1-15-29(64-17(3)75)38(84)49(24(10-71)96-15)105-56-30(65-18(4)76)39(85)52(27(13-74)101-56)108-61-48(94)53(109-63-55(45(91)36(82)23(9-70)100-63)111-58-32(67-20(6)78)40(86)50(25(11-72)103-58)106-59-46(92)42(88)33(79)16(2)97-59)37(83)28(104-61)14-95-62-54(44(90)35(81)22(8-69)99-62)110-57-31(66-19(5)77)41(87)51(26(12-73)102-57)107-60-47(93)43(89)34(80)21(7-68)98-60/h15-16,21-63,68-74,79-94H,7-14H2,1-6H3,(H,64,75)(H,65,76)(H,66,77)(H,67,78)/t15-,16?,21?,22?,23?,24?,25?,26-,27?,28?,29?,30?,31?,32?,33-,34-,35+,36+,37+,38+,39+,40+,41?,42-,43-,44-,45?,46?,47?,48?,49+,50+,51+,52+,53-,54?,55?,56-,57-,58-,59-,60-,61-,62-,63+/m0/s1. The summed E-state index contributed by atoms with van der Waals surface area (Å²) in [5.41, 5.74) is 0. The third kappa shape index (κ3) is 20.2. The molecule has 642 valence electrons. The molecule has 9 heterocycles. The van der Waals surface area contributed by atoms with Crippen molar-refractivity contribution in [2.75, 3.05) is 52.9 Å². The van der Waals surface area contributed by atoms with Crippen molar-refractivity contribution in [1.29, 1.82) is 0 Å². The van der Waals surface area contributed by atoms with Gasteiger partial charge < -0.3 is 219 Å². The Morgan fingerprint density at radius 1 is 0.243 bits per heavy atom. The Hall–Kier alpha value is -3.72. The zero-order chi connectivity index (χ0) is 81.8. The third-order valence-corrected chi connectivity index (χ3v) is 20.6. The number of aliphatic hydroxyl groups is 23. The van der Waals surface area contributed by atoms with Gasteiger partial charge in [-0.1, -0.05) is 0 Å². The second-order valence-electron chi connectivity index (χ2n) is 28.5. The quantitative estimate of drug-likeness (QED) is 0.0346. The molecule has 9 fully saturated rings. The van der Waals surface area contributed by atoms with E-state index in [4.69, 9.17) is 80.5 Å². The number of carbonyl (C=O) groups is 4. The van der Waals surface area contributed by atoms with Gasteiger partial charge in [-0.3, -0.25) is 19.2 Å². The van der Waals surface area contributed by atoms with E-state index in [0.29, 0.717) is 0 Å². The number of amides is 4. The minimum absolute atomic E-state index is 0.623. The van der Waals surface area contributed by atoms with Crippen LogP contribution in [0.4, 0.5) is 0 Å². The Labute approximate surface area is 630 Å². The molecule has 0 radical (unpaired) electrons. The Kier molecular flexibility index (Phi) is 32.6. The van der Waals surface area contributed by atoms with Crippen LogP contribution in [-0.4, -0.2) is 470 Å². The number of nitrogens with one attached hydrogen (secondary N) is 4. The first-order chi connectivity index (χ1) is 52.5. The van der Waals surface area contributed by atoms with Gasteiger partial charge in [-0.25, -0.2) is 0 Å². The molecule has 0 aromatic rings. The lowest BCUT2D eigenvalue weighted by Crippen LogP contribution is -2.71. The topological polar surface area (TPSA) is 739 Å². The summed E-state index contributed by atoms with van der Waals surface area (Å²) < 4.78 is 102. The summed E-state index contributed by atoms with van der Waals surface area (Å²) in [6.07, 6.45) is -81.2. The summed E-state index contributed by atoms with van der Waals surface area (Å²) in [6.45, 7) is -1.73. The van der Waals surface area contributed by atoms with Gasteiger partial charge in [-0.05, 0) is 13.8 Å². The first-order valence-corrected chi connectivity index (χ1v) is 35.8. The van der Waals surface area contributed by atoms with Crippen LogP contribution in [0.5, 0.6) is 0 Å². The predicted octanol–water partition coefficient (Wildman–Crippen LogP) is -18.0. The lowest BCUT2D eigenvalue weighted by atomic mass is 9.92. The van der Waals surface area contributed by atoms with Crippen LogP contribution in [-0.2, 0) is 99.7 Å². The molecule has 9 aliphatic heterocycles. The molecule has 0 aliphatic carbocycles. The van der Waals surface area contributed by atoms with Crippen LogP contribution < -0.4 is 21.3 Å². The minimum Gasteiger partial charge on any atom is -0.394 e. The molecule has 27 N–H and O–H groups in total. The van der Waals surface area contributed by atoms with Gasteiger partial charge in [-0.15, -0.1) is 0 Å². The van der Waals surface area contributed by atoms with Crippen molar-refractivity contribution in [3.63, 3.8) is 0 Å². The SMILES string of the molecule is CC(=O)NC1C(O)[C@H](O[C@@H]2OC(CO)[C@H](O)[C@H](O)C2O)[C@H](CO)O[C@H]1OC1[C@@H](OCC2O[C@@H](O[C@@H]3C(CO)O[C@@H](O[C@@H]4C(CO)O[C@@H](C)C(NC(C)=O)[C@H]4O)C(NC(C)=O)[C@H]3O)C(O)[C@@H](O[C@H]3OC(CO)[C@@H](O)C(O)C3O[C@@H]3OC(CO)[C@@H](O[C@@H]4OC(C)[C@H](O)[C@H](O)C4O)[C@H](O)C3NC(C)=O)[C@@H]2O)OC(CO)[C@@H](O)[C@@H]1O. The maximum Gasteiger partial charge on any atom is 0.217 e. The summed E-state index contributed by atoms with van der Waals surface area (Å²) in [5, 5.41) is 267. The number of rotatable bonds is 28. The lowest BCUT2D eigenvalue weighted by molar-refractivity contribution is -0.398. The normalized spacial score (nSPS) is 49.3. The van der Waals surface area contributed by atoms with E-state index in [0.717, 1.165) is 27.7 Å². The van der Waals surface area contributed by atoms with Gasteiger partial charge in [0.1, 0.15) is 207 Å². The second-order valence-corrected chi connectivity index (χ2v) is 28.5. The fourth-order valence-electron chi connectivity index (χ4n) is 14.6. The van der Waals surface area contributed by atoms with E-state index >= 15 is 0 Å². The smallest absolute Gasteiger partial charge is 0.217 e. The van der Waals surface area contributed by atoms with Crippen molar-refractivity contribution < 1.29 is 217 Å². The van der Waals surface area contributed by atoms with E-state index in [-0.39, 0.29) is 0 Å². The molecule has 111 heavy (non-hydrogen) atoms. The average Bonchev–Trinajstić information content (AvgIpc) is 0.771. The highest BCUT2D eigenvalue weighted by Gasteiger charge is 2.61. The Balaban J connectivity index is 1.05. The number of ether oxygens (including phenoxy) is 17. The number of aliphatic hydroxyl groups excluding tert-OH is 23. The van der Waals surface area contributed by atoms with Crippen molar-refractivity contribution in [2.45, 2.75) is 317 Å². The second kappa shape index (κ2) is 39.7. The van der Waals surface area contributed by atoms with Gasteiger partial charge >= 0.3 is 0 Å². The van der Waals surface area contributed by atoms with E-state index < -0.39 is 352 Å². The van der Waals surface area contributed by atoms with Gasteiger partial charge in [0.15, 0.2) is 50.3 Å². The van der Waals surface area contributed by atoms with E-state index in [9.17, 15) is 137 Å². The lowest BCUT2D eigenvalue weighted by Gasteiger charge is -2.51. The van der Waals surface area contributed by atoms with Crippen LogP contribution in [0, 0.1) is 0 Å². The molecule has 19 unspecified atom stereocenters. The molecular weight excluding hydrogens is 1520 g/mol. The van der Waals surface area contributed by atoms with Crippen molar-refractivity contribution >= 4 is 23.6 Å². The molecular formula is C63H106N4O44. The van der Waals surface area contributed by atoms with Gasteiger partial charge in [-0.2, -0.15) is 0 Å². The van der Waals surface area contributed by atoms with Crippen molar-refractivity contribution in [1.82, 2.24) is 21.3 Å². The molecule has 0 aromatic heterocycles. The average molecular weight is 1620 g/mol. The molecule has 9 saturated heterocycles. The summed E-state index contributed by atoms with van der Waals surface area (Å²) in [6, 6.07) is -6.83. The monoisotopic (exact) mass is 1620 g/mol. The van der Waals surface area contributed by atoms with Crippen molar-refractivity contribution in [3.05, 3.63) is 0 Å². The molecule has 48 nitrogen and oxygen atoms in total. The number of hydrogen-bond donors (Lipinski definition) is 27. The van der Waals surface area contributed by atoms with Gasteiger partial charge in [0, 0.05) is 27.7 Å². The predicted molar refractivity (Wildman–Crippen MR) is 345 cm³/mol. The molecule has 9 rings (SSSR count). The summed E-state index contributed by atoms with van der Waals surface area (Å²) in [5.74, 6) is -3.35. The Morgan fingerprint density at radius 2 is 0.523 bits per heavy atom. The van der Waals surface area contributed by atoms with Crippen LogP contribution in [0.1, 0.15) is 41.5 Å². The minimum atomic E-state index is -2.54. The van der Waals surface area contributed by atoms with Crippen molar-refractivity contribution in [3.8, 4) is 0 Å². The fraction of sp³-hybridized carbons (Fsp3) is 0.937.